The summed E-state index contributed by atoms with van der Waals surface area (Å²) >= 11 is 0. The van der Waals surface area contributed by atoms with E-state index < -0.39 is 6.67 Å². The van der Waals surface area contributed by atoms with Gasteiger partial charge in [-0.3, -0.25) is 4.99 Å². The molecule has 0 saturated heterocycles. The summed E-state index contributed by atoms with van der Waals surface area (Å²) in [6, 6.07) is 5.11. The van der Waals surface area contributed by atoms with Crippen molar-refractivity contribution in [3.05, 3.63) is 35.2 Å². The number of rotatable bonds is 5. The number of aliphatic imine (C=N–C) groups is 1. The lowest BCUT2D eigenvalue weighted by molar-refractivity contribution is 0.274. The average Bonchev–Trinajstić information content (AvgIpc) is 2.34. The highest BCUT2D eigenvalue weighted by atomic mass is 19.1. The Hall–Kier alpha value is -2.09. The molecule has 1 rings (SSSR count). The molecule has 0 radical (unpaired) electrons. The quantitative estimate of drug-likeness (QED) is 0.484. The van der Waals surface area contributed by atoms with Gasteiger partial charge in [-0.05, 0) is 24.6 Å². The van der Waals surface area contributed by atoms with E-state index >= 15 is 0 Å². The molecular formula is C12H14FN3O. The number of hydrogen-bond acceptors (Lipinski definition) is 2. The highest BCUT2D eigenvalue weighted by Crippen LogP contribution is 2.29. The lowest BCUT2D eigenvalue weighted by Gasteiger charge is -2.07. The van der Waals surface area contributed by atoms with Gasteiger partial charge >= 0.3 is 0 Å². The van der Waals surface area contributed by atoms with E-state index in [0.717, 1.165) is 5.56 Å². The minimum Gasteiger partial charge on any atom is -0.502 e. The van der Waals surface area contributed by atoms with Gasteiger partial charge in [0.25, 0.3) is 0 Å². The molecule has 0 unspecified atom stereocenters. The molecule has 1 aromatic carbocycles. The monoisotopic (exact) mass is 235 g/mol. The van der Waals surface area contributed by atoms with E-state index in [1.54, 1.807) is 25.1 Å². The van der Waals surface area contributed by atoms with Crippen LogP contribution < -0.4 is 10.5 Å². The molecule has 0 saturated carbocycles. The Morgan fingerprint density at radius 2 is 2.35 bits per heavy atom. The number of benzene rings is 1. The van der Waals surface area contributed by atoms with Gasteiger partial charge in [0.15, 0.2) is 0 Å². The Balaban J connectivity index is 2.85. The van der Waals surface area contributed by atoms with Crippen LogP contribution in [0.15, 0.2) is 23.2 Å². The van der Waals surface area contributed by atoms with Gasteiger partial charge in [0, 0.05) is 0 Å². The summed E-state index contributed by atoms with van der Waals surface area (Å²) in [4.78, 5) is 7.39. The summed E-state index contributed by atoms with van der Waals surface area (Å²) in [6.45, 7) is 8.54. The van der Waals surface area contributed by atoms with Gasteiger partial charge in [0.1, 0.15) is 19.0 Å². The van der Waals surface area contributed by atoms with Crippen LogP contribution in [-0.4, -0.2) is 19.1 Å². The van der Waals surface area contributed by atoms with E-state index in [9.17, 15) is 4.39 Å². The Bertz CT molecular complexity index is 448. The van der Waals surface area contributed by atoms with Gasteiger partial charge in [-0.15, -0.1) is 0 Å². The fraction of sp³-hybridized carbons (Fsp3) is 0.333. The summed E-state index contributed by atoms with van der Waals surface area (Å²) < 4.78 is 17.1. The van der Waals surface area contributed by atoms with Gasteiger partial charge in [-0.25, -0.2) is 9.24 Å². The van der Waals surface area contributed by atoms with Crippen LogP contribution in [0.3, 0.4) is 0 Å². The minimum absolute atomic E-state index is 0.0398. The van der Waals surface area contributed by atoms with Crippen LogP contribution in [0.4, 0.5) is 10.1 Å². The number of halogens is 1. The highest BCUT2D eigenvalue weighted by Gasteiger charge is 2.04. The van der Waals surface area contributed by atoms with Gasteiger partial charge in [-0.1, -0.05) is 6.07 Å². The van der Waals surface area contributed by atoms with Gasteiger partial charge in [-0.2, -0.15) is 0 Å². The molecule has 4 nitrogen and oxygen atoms in total. The number of amidine groups is 1. The van der Waals surface area contributed by atoms with Crippen molar-refractivity contribution in [2.24, 2.45) is 10.7 Å². The molecule has 0 aliphatic rings. The summed E-state index contributed by atoms with van der Waals surface area (Å²) in [5.74, 6) is 0.891. The maximum Gasteiger partial charge on any atom is 0.228 e. The molecule has 2 N–H and O–H groups in total. The molecule has 0 amide bonds. The molecule has 5 heteroatoms. The Labute approximate surface area is 99.7 Å². The molecule has 90 valence electrons. The van der Waals surface area contributed by atoms with Crippen molar-refractivity contribution in [2.75, 3.05) is 13.3 Å². The largest absolute Gasteiger partial charge is 0.502 e. The topological polar surface area (TPSA) is 52.0 Å². The number of nitrogens with two attached hydrogens (primary N) is 1. The van der Waals surface area contributed by atoms with E-state index in [2.05, 4.69) is 9.84 Å². The van der Waals surface area contributed by atoms with Crippen LogP contribution in [0.2, 0.25) is 0 Å². The zero-order valence-corrected chi connectivity index (χ0v) is 9.61. The maximum absolute atomic E-state index is 12.0. The summed E-state index contributed by atoms with van der Waals surface area (Å²) in [5.41, 5.74) is 6.66. The van der Waals surface area contributed by atoms with Crippen molar-refractivity contribution in [1.82, 2.24) is 0 Å². The first-order valence-electron chi connectivity index (χ1n) is 5.13. The third-order valence-corrected chi connectivity index (χ3v) is 1.99. The lowest BCUT2D eigenvalue weighted by atomic mass is 10.2. The van der Waals surface area contributed by atoms with E-state index in [-0.39, 0.29) is 6.61 Å². The van der Waals surface area contributed by atoms with Crippen LogP contribution in [0.25, 0.3) is 4.85 Å². The van der Waals surface area contributed by atoms with E-state index in [1.807, 2.05) is 0 Å². The zero-order chi connectivity index (χ0) is 12.7. The molecule has 1 aromatic rings. The fourth-order valence-corrected chi connectivity index (χ4v) is 1.24. The second-order valence-electron chi connectivity index (χ2n) is 3.41. The average molecular weight is 235 g/mol. The summed E-state index contributed by atoms with van der Waals surface area (Å²) in [5, 5.41) is 0. The normalized spacial score (nSPS) is 11.0. The van der Waals surface area contributed by atoms with Crippen molar-refractivity contribution in [3.8, 4) is 5.75 Å². The van der Waals surface area contributed by atoms with Crippen molar-refractivity contribution in [2.45, 2.75) is 13.5 Å². The Morgan fingerprint density at radius 1 is 1.59 bits per heavy atom. The van der Waals surface area contributed by atoms with Gasteiger partial charge in [0.05, 0.1) is 19.0 Å². The van der Waals surface area contributed by atoms with Crippen LogP contribution in [0, 0.1) is 6.57 Å². The second-order valence-corrected chi connectivity index (χ2v) is 3.41. The van der Waals surface area contributed by atoms with Crippen molar-refractivity contribution >= 4 is 11.5 Å². The van der Waals surface area contributed by atoms with Crippen LogP contribution in [-0.2, 0) is 6.54 Å². The molecule has 0 fully saturated rings. The smallest absolute Gasteiger partial charge is 0.228 e. The zero-order valence-electron chi connectivity index (χ0n) is 9.61. The molecule has 0 atom stereocenters. The minimum atomic E-state index is -0.574. The molecule has 0 aromatic heterocycles. The fourth-order valence-electron chi connectivity index (χ4n) is 1.24. The first-order chi connectivity index (χ1) is 8.17. The number of nitrogens with zero attached hydrogens (tertiary/aromatic N) is 2. The number of ether oxygens (including phenoxy) is 1. The molecule has 0 aliphatic carbocycles. The van der Waals surface area contributed by atoms with Crippen molar-refractivity contribution in [3.63, 3.8) is 0 Å². The lowest BCUT2D eigenvalue weighted by Crippen LogP contribution is -2.05. The first-order valence-corrected chi connectivity index (χ1v) is 5.13. The number of hydrogen-bond donors (Lipinski definition) is 1. The summed E-state index contributed by atoms with van der Waals surface area (Å²) in [6.07, 6.45) is 0. The second kappa shape index (κ2) is 6.48. The molecule has 0 bridgehead atoms. The number of alkyl halides is 1. The highest BCUT2D eigenvalue weighted by molar-refractivity contribution is 5.77. The third kappa shape index (κ3) is 4.11. The molecule has 0 aliphatic heterocycles. The van der Waals surface area contributed by atoms with E-state index in [1.165, 1.54) is 0 Å². The molecule has 0 spiro atoms. The maximum atomic E-state index is 12.0. The predicted octanol–water partition coefficient (Wildman–Crippen LogP) is 2.46. The third-order valence-electron chi connectivity index (χ3n) is 1.99. The summed E-state index contributed by atoms with van der Waals surface area (Å²) in [7, 11) is 0. The Kier molecular flexibility index (Phi) is 4.95. The van der Waals surface area contributed by atoms with Crippen LogP contribution in [0.5, 0.6) is 5.75 Å². The molecule has 0 heterocycles. The van der Waals surface area contributed by atoms with Crippen LogP contribution >= 0.6 is 0 Å². The van der Waals surface area contributed by atoms with Gasteiger partial charge in [0.2, 0.25) is 5.69 Å². The van der Waals surface area contributed by atoms with Crippen molar-refractivity contribution < 1.29 is 9.13 Å². The molecule has 17 heavy (non-hydrogen) atoms. The van der Waals surface area contributed by atoms with E-state index in [4.69, 9.17) is 17.0 Å². The van der Waals surface area contributed by atoms with Gasteiger partial charge < -0.3 is 10.5 Å². The first kappa shape index (κ1) is 13.0. The van der Waals surface area contributed by atoms with Crippen LogP contribution in [0.1, 0.15) is 12.5 Å². The van der Waals surface area contributed by atoms with E-state index in [0.29, 0.717) is 23.8 Å². The SMILES string of the molecule is [C-]#[N+]c1cc(CN=C(C)N)ccc1OCCF. The molecular weight excluding hydrogens is 221 g/mol. The van der Waals surface area contributed by atoms with Crippen molar-refractivity contribution in [1.29, 1.82) is 0 Å². The predicted molar refractivity (Wildman–Crippen MR) is 65.2 cm³/mol. The standard InChI is InChI=1S/C12H14FN3O/c1-9(14)16-8-10-3-4-12(17-6-5-13)11(7-10)15-2/h3-4,7H,5-6,8H2,1H3,(H2,14,16). The Morgan fingerprint density at radius 3 is 2.94 bits per heavy atom.